The van der Waals surface area contributed by atoms with E-state index in [0.29, 0.717) is 5.41 Å². The number of hydrogen-bond acceptors (Lipinski definition) is 3. The Morgan fingerprint density at radius 2 is 2.00 bits per heavy atom. The number of hydrogen-bond donors (Lipinski definition) is 1. The molecule has 0 aliphatic heterocycles. The van der Waals surface area contributed by atoms with Crippen molar-refractivity contribution in [3.05, 3.63) is 23.8 Å². The zero-order valence-electron chi connectivity index (χ0n) is 11.6. The van der Waals surface area contributed by atoms with Crippen molar-refractivity contribution in [1.82, 2.24) is 5.32 Å². The third kappa shape index (κ3) is 2.61. The van der Waals surface area contributed by atoms with Crippen molar-refractivity contribution >= 4 is 0 Å². The molecule has 1 aromatic carbocycles. The van der Waals surface area contributed by atoms with Gasteiger partial charge >= 0.3 is 0 Å². The van der Waals surface area contributed by atoms with Crippen LogP contribution < -0.4 is 14.8 Å². The fraction of sp³-hybridized carbons (Fsp3) is 0.600. The smallest absolute Gasteiger partial charge is 0.125 e. The first kappa shape index (κ1) is 13.2. The summed E-state index contributed by atoms with van der Waals surface area (Å²) in [7, 11) is 5.44. The molecule has 2 rings (SSSR count). The molecule has 1 N–H and O–H groups in total. The minimum atomic E-state index is 0.427. The predicted molar refractivity (Wildman–Crippen MR) is 73.5 cm³/mol. The average Bonchev–Trinajstić information content (AvgIpc) is 2.36. The molecule has 0 amide bonds. The first-order valence-electron chi connectivity index (χ1n) is 6.58. The molecule has 0 unspecified atom stereocenters. The van der Waals surface area contributed by atoms with Gasteiger partial charge in [-0.2, -0.15) is 0 Å². The normalized spacial score (nSPS) is 17.1. The Kier molecular flexibility index (Phi) is 4.12. The summed E-state index contributed by atoms with van der Waals surface area (Å²) < 4.78 is 10.7. The molecule has 3 nitrogen and oxygen atoms in total. The summed E-state index contributed by atoms with van der Waals surface area (Å²) in [5, 5.41) is 3.33. The van der Waals surface area contributed by atoms with Crippen molar-refractivity contribution in [3.63, 3.8) is 0 Å². The Morgan fingerprint density at radius 3 is 2.50 bits per heavy atom. The van der Waals surface area contributed by atoms with E-state index in [1.165, 1.54) is 24.8 Å². The van der Waals surface area contributed by atoms with Gasteiger partial charge in [0, 0.05) is 12.6 Å². The number of rotatable bonds is 6. The van der Waals surface area contributed by atoms with Crippen molar-refractivity contribution in [3.8, 4) is 11.5 Å². The van der Waals surface area contributed by atoms with Crippen LogP contribution in [0.2, 0.25) is 0 Å². The van der Waals surface area contributed by atoms with Crippen LogP contribution in [0.4, 0.5) is 0 Å². The number of nitrogens with one attached hydrogen (secondary N) is 1. The maximum absolute atomic E-state index is 5.48. The Morgan fingerprint density at radius 1 is 1.22 bits per heavy atom. The Labute approximate surface area is 109 Å². The van der Waals surface area contributed by atoms with Crippen LogP contribution in [0.15, 0.2) is 18.2 Å². The van der Waals surface area contributed by atoms with Gasteiger partial charge in [0.25, 0.3) is 0 Å². The molecule has 1 saturated carbocycles. The molecular weight excluding hydrogens is 226 g/mol. The van der Waals surface area contributed by atoms with Crippen molar-refractivity contribution in [1.29, 1.82) is 0 Å². The molecule has 0 spiro atoms. The lowest BCUT2D eigenvalue weighted by Gasteiger charge is -2.42. The van der Waals surface area contributed by atoms with Gasteiger partial charge in [0.15, 0.2) is 0 Å². The van der Waals surface area contributed by atoms with Gasteiger partial charge in [0.1, 0.15) is 11.5 Å². The minimum Gasteiger partial charge on any atom is -0.497 e. The van der Waals surface area contributed by atoms with E-state index in [-0.39, 0.29) is 0 Å². The van der Waals surface area contributed by atoms with Crippen molar-refractivity contribution in [2.75, 3.05) is 27.8 Å². The van der Waals surface area contributed by atoms with Crippen LogP contribution in [0.3, 0.4) is 0 Å². The minimum absolute atomic E-state index is 0.427. The van der Waals surface area contributed by atoms with Crippen molar-refractivity contribution in [2.24, 2.45) is 5.41 Å². The zero-order chi connectivity index (χ0) is 13.0. The molecule has 1 fully saturated rings. The summed E-state index contributed by atoms with van der Waals surface area (Å²) in [5.41, 5.74) is 1.71. The van der Waals surface area contributed by atoms with Crippen LogP contribution >= 0.6 is 0 Å². The second-order valence-corrected chi connectivity index (χ2v) is 5.24. The van der Waals surface area contributed by atoms with Gasteiger partial charge in [-0.15, -0.1) is 0 Å². The molecule has 0 aromatic heterocycles. The first-order chi connectivity index (χ1) is 8.73. The third-order valence-corrected chi connectivity index (χ3v) is 4.03. The molecule has 0 bridgehead atoms. The number of ether oxygens (including phenoxy) is 2. The standard InChI is InChI=1S/C15H23NO2/c1-16-11-15(7-4-8-15)10-12-5-6-13(17-2)9-14(12)18-3/h5-6,9,16H,4,7-8,10-11H2,1-3H3. The highest BCUT2D eigenvalue weighted by atomic mass is 16.5. The molecule has 0 heterocycles. The van der Waals surface area contributed by atoms with Crippen LogP contribution in [-0.2, 0) is 6.42 Å². The van der Waals surface area contributed by atoms with E-state index in [2.05, 4.69) is 11.4 Å². The van der Waals surface area contributed by atoms with Crippen LogP contribution in [0, 0.1) is 5.41 Å². The molecule has 1 aromatic rings. The summed E-state index contributed by atoms with van der Waals surface area (Å²) in [6, 6.07) is 6.12. The van der Waals surface area contributed by atoms with Gasteiger partial charge in [0.2, 0.25) is 0 Å². The van der Waals surface area contributed by atoms with E-state index >= 15 is 0 Å². The highest BCUT2D eigenvalue weighted by Gasteiger charge is 2.36. The summed E-state index contributed by atoms with van der Waals surface area (Å²) in [6.07, 6.45) is 5.05. The summed E-state index contributed by atoms with van der Waals surface area (Å²) in [6.45, 7) is 1.09. The van der Waals surface area contributed by atoms with E-state index < -0.39 is 0 Å². The van der Waals surface area contributed by atoms with Crippen LogP contribution in [0.5, 0.6) is 11.5 Å². The van der Waals surface area contributed by atoms with Crippen molar-refractivity contribution < 1.29 is 9.47 Å². The fourth-order valence-electron chi connectivity index (χ4n) is 2.87. The molecule has 100 valence electrons. The Balaban J connectivity index is 2.17. The number of benzene rings is 1. The Hall–Kier alpha value is -1.22. The van der Waals surface area contributed by atoms with E-state index in [1.54, 1.807) is 14.2 Å². The quantitative estimate of drug-likeness (QED) is 0.840. The van der Waals surface area contributed by atoms with Crippen LogP contribution in [0.25, 0.3) is 0 Å². The summed E-state index contributed by atoms with van der Waals surface area (Å²) in [4.78, 5) is 0. The second kappa shape index (κ2) is 5.61. The largest absolute Gasteiger partial charge is 0.497 e. The molecule has 1 aliphatic rings. The lowest BCUT2D eigenvalue weighted by molar-refractivity contribution is 0.132. The molecule has 0 saturated heterocycles. The first-order valence-corrected chi connectivity index (χ1v) is 6.58. The van der Waals surface area contributed by atoms with Gasteiger partial charge in [-0.3, -0.25) is 0 Å². The zero-order valence-corrected chi connectivity index (χ0v) is 11.6. The van der Waals surface area contributed by atoms with Crippen LogP contribution in [-0.4, -0.2) is 27.8 Å². The second-order valence-electron chi connectivity index (χ2n) is 5.24. The van der Waals surface area contributed by atoms with Gasteiger partial charge in [-0.05, 0) is 43.4 Å². The highest BCUT2D eigenvalue weighted by molar-refractivity contribution is 5.41. The van der Waals surface area contributed by atoms with Gasteiger partial charge in [-0.1, -0.05) is 12.5 Å². The SMILES string of the molecule is CNCC1(Cc2ccc(OC)cc2OC)CCC1. The molecular formula is C15H23NO2. The lowest BCUT2D eigenvalue weighted by Crippen LogP contribution is -2.40. The highest BCUT2D eigenvalue weighted by Crippen LogP contribution is 2.44. The topological polar surface area (TPSA) is 30.5 Å². The van der Waals surface area contributed by atoms with E-state index in [0.717, 1.165) is 24.5 Å². The maximum Gasteiger partial charge on any atom is 0.125 e. The lowest BCUT2D eigenvalue weighted by atomic mass is 9.65. The third-order valence-electron chi connectivity index (χ3n) is 4.03. The van der Waals surface area contributed by atoms with Crippen molar-refractivity contribution in [2.45, 2.75) is 25.7 Å². The predicted octanol–water partition coefficient (Wildman–Crippen LogP) is 2.64. The Bertz CT molecular complexity index is 399. The fourth-order valence-corrected chi connectivity index (χ4v) is 2.87. The average molecular weight is 249 g/mol. The summed E-state index contributed by atoms with van der Waals surface area (Å²) >= 11 is 0. The van der Waals surface area contributed by atoms with Gasteiger partial charge < -0.3 is 14.8 Å². The van der Waals surface area contributed by atoms with E-state index in [1.807, 2.05) is 19.2 Å². The van der Waals surface area contributed by atoms with Gasteiger partial charge in [-0.25, -0.2) is 0 Å². The maximum atomic E-state index is 5.48. The molecule has 1 aliphatic carbocycles. The van der Waals surface area contributed by atoms with Gasteiger partial charge in [0.05, 0.1) is 14.2 Å². The molecule has 0 atom stereocenters. The van der Waals surface area contributed by atoms with E-state index in [9.17, 15) is 0 Å². The molecule has 3 heteroatoms. The monoisotopic (exact) mass is 249 g/mol. The van der Waals surface area contributed by atoms with E-state index in [4.69, 9.17) is 9.47 Å². The number of methoxy groups -OCH3 is 2. The molecule has 0 radical (unpaired) electrons. The molecule has 18 heavy (non-hydrogen) atoms. The summed E-state index contributed by atoms with van der Waals surface area (Å²) in [5.74, 6) is 1.80. The van der Waals surface area contributed by atoms with Crippen LogP contribution in [0.1, 0.15) is 24.8 Å².